The van der Waals surface area contributed by atoms with Gasteiger partial charge in [-0.25, -0.2) is 4.98 Å². The van der Waals surface area contributed by atoms with Crippen LogP contribution in [0.4, 0.5) is 0 Å². The Bertz CT molecular complexity index is 731. The smallest absolute Gasteiger partial charge is 0.264 e. The average molecular weight is 325 g/mol. The van der Waals surface area contributed by atoms with Crippen LogP contribution in [0.1, 0.15) is 22.2 Å². The number of hydrogen-bond acceptors (Lipinski definition) is 6. The third-order valence-corrected chi connectivity index (χ3v) is 4.67. The van der Waals surface area contributed by atoms with Gasteiger partial charge in [-0.15, -0.1) is 11.3 Å². The van der Waals surface area contributed by atoms with Crippen LogP contribution in [0.2, 0.25) is 0 Å². The molecule has 2 rings (SSSR count). The normalized spacial score (nSPS) is 11.1. The molecule has 0 unspecified atom stereocenters. The lowest BCUT2D eigenvalue weighted by atomic mass is 10.2. The largest absolute Gasteiger partial charge is 0.395 e. The highest BCUT2D eigenvalue weighted by Gasteiger charge is 2.23. The van der Waals surface area contributed by atoms with Gasteiger partial charge < -0.3 is 15.1 Å². The number of aryl methyl sites for hydroxylation is 2. The van der Waals surface area contributed by atoms with Gasteiger partial charge in [0.1, 0.15) is 4.83 Å². The van der Waals surface area contributed by atoms with Crippen LogP contribution in [0.15, 0.2) is 11.1 Å². The highest BCUT2D eigenvalue weighted by Crippen LogP contribution is 2.27. The zero-order valence-corrected chi connectivity index (χ0v) is 13.4. The van der Waals surface area contributed by atoms with Crippen LogP contribution in [-0.2, 0) is 6.54 Å². The van der Waals surface area contributed by atoms with E-state index in [2.05, 4.69) is 4.98 Å². The van der Waals surface area contributed by atoms with E-state index in [0.717, 1.165) is 0 Å². The zero-order valence-electron chi connectivity index (χ0n) is 12.6. The minimum absolute atomic E-state index is 0.139. The van der Waals surface area contributed by atoms with E-state index in [-0.39, 0.29) is 37.8 Å². The fourth-order valence-electron chi connectivity index (χ4n) is 2.29. The van der Waals surface area contributed by atoms with E-state index in [0.29, 0.717) is 27.2 Å². The number of aliphatic hydroxyl groups is 2. The number of rotatable bonds is 6. The second kappa shape index (κ2) is 6.99. The molecular formula is C14H19N3O4S. The molecule has 2 N–H and O–H groups in total. The van der Waals surface area contributed by atoms with Crippen molar-refractivity contribution in [2.45, 2.75) is 20.4 Å². The van der Waals surface area contributed by atoms with Gasteiger partial charge in [0.2, 0.25) is 0 Å². The van der Waals surface area contributed by atoms with Crippen LogP contribution >= 0.6 is 11.3 Å². The van der Waals surface area contributed by atoms with Crippen molar-refractivity contribution in [2.75, 3.05) is 26.3 Å². The van der Waals surface area contributed by atoms with Gasteiger partial charge >= 0.3 is 0 Å². The summed E-state index contributed by atoms with van der Waals surface area (Å²) in [6.45, 7) is 4.01. The second-order valence-corrected chi connectivity index (χ2v) is 5.81. The first-order valence-corrected chi connectivity index (χ1v) is 7.86. The summed E-state index contributed by atoms with van der Waals surface area (Å²) < 4.78 is 1.50. The molecule has 8 heteroatoms. The van der Waals surface area contributed by atoms with E-state index in [1.807, 2.05) is 6.92 Å². The molecule has 7 nitrogen and oxygen atoms in total. The van der Waals surface area contributed by atoms with E-state index >= 15 is 0 Å². The van der Waals surface area contributed by atoms with Crippen molar-refractivity contribution in [1.29, 1.82) is 0 Å². The van der Waals surface area contributed by atoms with E-state index in [4.69, 9.17) is 10.2 Å². The molecule has 0 aliphatic rings. The molecule has 0 aliphatic heterocycles. The van der Waals surface area contributed by atoms with Gasteiger partial charge in [0.15, 0.2) is 0 Å². The Kier molecular flexibility index (Phi) is 5.28. The molecule has 0 aromatic carbocycles. The third kappa shape index (κ3) is 2.90. The topological polar surface area (TPSA) is 95.7 Å². The van der Waals surface area contributed by atoms with Gasteiger partial charge in [-0.05, 0) is 19.4 Å². The molecule has 0 spiro atoms. The van der Waals surface area contributed by atoms with Crippen LogP contribution < -0.4 is 5.56 Å². The van der Waals surface area contributed by atoms with Gasteiger partial charge in [-0.3, -0.25) is 14.2 Å². The number of aliphatic hydroxyl groups excluding tert-OH is 2. The molecule has 0 bridgehead atoms. The van der Waals surface area contributed by atoms with Gasteiger partial charge in [0.25, 0.3) is 11.5 Å². The first-order chi connectivity index (χ1) is 10.5. The predicted molar refractivity (Wildman–Crippen MR) is 84.4 cm³/mol. The van der Waals surface area contributed by atoms with Crippen molar-refractivity contribution in [3.63, 3.8) is 0 Å². The Labute approximate surface area is 131 Å². The Morgan fingerprint density at radius 3 is 2.55 bits per heavy atom. The maximum absolute atomic E-state index is 12.6. The standard InChI is InChI=1S/C14H19N3O4S/c1-3-16-8-15-12-10(13(16)20)9(2)11(22-12)14(21)17(4-6-18)5-7-19/h8,18-19H,3-7H2,1-2H3. The van der Waals surface area contributed by atoms with Crippen LogP contribution in [0.25, 0.3) is 10.2 Å². The van der Waals surface area contributed by atoms with Crippen molar-refractivity contribution in [2.24, 2.45) is 0 Å². The van der Waals surface area contributed by atoms with Crippen LogP contribution in [0.5, 0.6) is 0 Å². The molecular weight excluding hydrogens is 306 g/mol. The lowest BCUT2D eigenvalue weighted by molar-refractivity contribution is 0.0689. The minimum Gasteiger partial charge on any atom is -0.395 e. The number of thiophene rings is 1. The quantitative estimate of drug-likeness (QED) is 0.792. The number of nitrogens with zero attached hydrogens (tertiary/aromatic N) is 3. The average Bonchev–Trinajstić information content (AvgIpc) is 2.84. The molecule has 2 aromatic heterocycles. The van der Waals surface area contributed by atoms with Crippen molar-refractivity contribution in [1.82, 2.24) is 14.5 Å². The van der Waals surface area contributed by atoms with E-state index in [1.54, 1.807) is 6.92 Å². The van der Waals surface area contributed by atoms with Crippen LogP contribution in [-0.4, -0.2) is 56.9 Å². The highest BCUT2D eigenvalue weighted by atomic mass is 32.1. The molecule has 22 heavy (non-hydrogen) atoms. The number of aromatic nitrogens is 2. The Hall–Kier alpha value is -1.77. The van der Waals surface area contributed by atoms with Crippen LogP contribution in [0, 0.1) is 6.92 Å². The fraction of sp³-hybridized carbons (Fsp3) is 0.500. The van der Waals surface area contributed by atoms with Crippen molar-refractivity contribution >= 4 is 27.5 Å². The molecule has 2 aromatic rings. The number of amides is 1. The Balaban J connectivity index is 2.52. The molecule has 0 atom stereocenters. The molecule has 0 saturated heterocycles. The summed E-state index contributed by atoms with van der Waals surface area (Å²) >= 11 is 1.17. The summed E-state index contributed by atoms with van der Waals surface area (Å²) in [5.41, 5.74) is 0.447. The highest BCUT2D eigenvalue weighted by molar-refractivity contribution is 7.20. The van der Waals surface area contributed by atoms with Crippen molar-refractivity contribution in [3.05, 3.63) is 27.1 Å². The number of hydrogen-bond donors (Lipinski definition) is 2. The van der Waals surface area contributed by atoms with Crippen LogP contribution in [0.3, 0.4) is 0 Å². The molecule has 0 saturated carbocycles. The molecule has 0 radical (unpaired) electrons. The fourth-order valence-corrected chi connectivity index (χ4v) is 3.40. The summed E-state index contributed by atoms with van der Waals surface area (Å²) in [5.74, 6) is -0.300. The SMILES string of the molecule is CCn1cnc2sc(C(=O)N(CCO)CCO)c(C)c2c1=O. The summed E-state index contributed by atoms with van der Waals surface area (Å²) in [4.78, 5) is 31.5. The molecule has 1 amide bonds. The van der Waals surface area contributed by atoms with E-state index in [1.165, 1.54) is 27.1 Å². The zero-order chi connectivity index (χ0) is 16.3. The lowest BCUT2D eigenvalue weighted by Crippen LogP contribution is -2.35. The predicted octanol–water partition coefficient (Wildman–Crippen LogP) is 0.213. The van der Waals surface area contributed by atoms with Gasteiger partial charge in [-0.2, -0.15) is 0 Å². The van der Waals surface area contributed by atoms with Gasteiger partial charge in [-0.1, -0.05) is 0 Å². The first kappa shape index (κ1) is 16.6. The Morgan fingerprint density at radius 2 is 2.00 bits per heavy atom. The maximum atomic E-state index is 12.6. The van der Waals surface area contributed by atoms with Gasteiger partial charge in [0, 0.05) is 19.6 Å². The summed E-state index contributed by atoms with van der Waals surface area (Å²) in [6, 6.07) is 0. The summed E-state index contributed by atoms with van der Waals surface area (Å²) in [5, 5.41) is 18.5. The lowest BCUT2D eigenvalue weighted by Gasteiger charge is -2.20. The molecule has 120 valence electrons. The maximum Gasteiger partial charge on any atom is 0.264 e. The molecule has 0 aliphatic carbocycles. The summed E-state index contributed by atoms with van der Waals surface area (Å²) in [7, 11) is 0. The van der Waals surface area contributed by atoms with E-state index in [9.17, 15) is 9.59 Å². The number of fused-ring (bicyclic) bond motifs is 1. The third-order valence-electron chi connectivity index (χ3n) is 3.48. The monoisotopic (exact) mass is 325 g/mol. The van der Waals surface area contributed by atoms with E-state index < -0.39 is 0 Å². The van der Waals surface area contributed by atoms with Crippen molar-refractivity contribution < 1.29 is 15.0 Å². The first-order valence-electron chi connectivity index (χ1n) is 7.04. The Morgan fingerprint density at radius 1 is 1.36 bits per heavy atom. The molecule has 0 fully saturated rings. The number of carbonyl (C=O) groups is 1. The molecule has 2 heterocycles. The summed E-state index contributed by atoms with van der Waals surface area (Å²) in [6.07, 6.45) is 1.48. The van der Waals surface area contributed by atoms with Crippen molar-refractivity contribution in [3.8, 4) is 0 Å². The number of carbonyl (C=O) groups excluding carboxylic acids is 1. The van der Waals surface area contributed by atoms with Gasteiger partial charge in [0.05, 0.1) is 29.8 Å². The second-order valence-electron chi connectivity index (χ2n) is 4.81. The minimum atomic E-state index is -0.300.